The van der Waals surface area contributed by atoms with Gasteiger partial charge in [-0.3, -0.25) is 14.5 Å². The van der Waals surface area contributed by atoms with Gasteiger partial charge in [-0.15, -0.1) is 0 Å². The lowest BCUT2D eigenvalue weighted by molar-refractivity contribution is -0.914. The standard InChI is InChI=1S/C23H28N4O3/c1-16(25-12-14-26(15-13-25)19-10-6-7-11-20(19)28)21(29)27-18-9-5-4-8-17(18)24-22(30)23(27,2)3/h4-11,16,28H,12-15H2,1-3H3,(H,24,30)/p+1/t16-/m1/s1. The van der Waals surface area contributed by atoms with Gasteiger partial charge in [0.15, 0.2) is 6.04 Å². The zero-order valence-electron chi connectivity index (χ0n) is 17.7. The first-order valence-electron chi connectivity index (χ1n) is 10.4. The van der Waals surface area contributed by atoms with Crippen molar-refractivity contribution in [2.45, 2.75) is 32.4 Å². The molecular weight excluding hydrogens is 380 g/mol. The van der Waals surface area contributed by atoms with Crippen LogP contribution in [0.25, 0.3) is 0 Å². The maximum absolute atomic E-state index is 13.6. The highest BCUT2D eigenvalue weighted by Gasteiger charge is 2.46. The average molecular weight is 410 g/mol. The number of nitrogens with zero attached hydrogens (tertiary/aromatic N) is 2. The molecule has 2 heterocycles. The summed E-state index contributed by atoms with van der Waals surface area (Å²) in [6.07, 6.45) is 0. The van der Waals surface area contributed by atoms with Crippen LogP contribution in [-0.2, 0) is 9.59 Å². The third-order valence-electron chi connectivity index (χ3n) is 6.34. The molecule has 2 aliphatic heterocycles. The third-order valence-corrected chi connectivity index (χ3v) is 6.34. The Labute approximate surface area is 176 Å². The average Bonchev–Trinajstić information content (AvgIpc) is 2.74. The normalized spacial score (nSPS) is 19.8. The topological polar surface area (TPSA) is 77.3 Å². The Morgan fingerprint density at radius 2 is 1.67 bits per heavy atom. The summed E-state index contributed by atoms with van der Waals surface area (Å²) in [5.41, 5.74) is 1.28. The molecule has 0 spiro atoms. The Balaban J connectivity index is 1.52. The zero-order chi connectivity index (χ0) is 21.5. The van der Waals surface area contributed by atoms with Crippen molar-refractivity contribution >= 4 is 28.9 Å². The molecule has 30 heavy (non-hydrogen) atoms. The molecule has 0 saturated carbocycles. The van der Waals surface area contributed by atoms with Crippen LogP contribution in [0.3, 0.4) is 0 Å². The van der Waals surface area contributed by atoms with E-state index in [1.165, 1.54) is 4.90 Å². The SMILES string of the molecule is C[C@H](C(=O)N1c2ccccc2NC(=O)C1(C)C)[NH+]1CCN(c2ccccc2O)CC1. The number of quaternary nitrogens is 1. The number of phenols is 1. The molecule has 158 valence electrons. The van der Waals surface area contributed by atoms with Crippen LogP contribution in [0, 0.1) is 0 Å². The Morgan fingerprint density at radius 3 is 2.33 bits per heavy atom. The van der Waals surface area contributed by atoms with Gasteiger partial charge in [-0.25, -0.2) is 0 Å². The van der Waals surface area contributed by atoms with Gasteiger partial charge in [0.2, 0.25) is 5.91 Å². The van der Waals surface area contributed by atoms with Crippen molar-refractivity contribution in [1.82, 2.24) is 0 Å². The number of phenolic OH excluding ortho intramolecular Hbond substituents is 1. The number of carbonyl (C=O) groups is 2. The second-order valence-electron chi connectivity index (χ2n) is 8.56. The highest BCUT2D eigenvalue weighted by atomic mass is 16.3. The van der Waals surface area contributed by atoms with Crippen LogP contribution >= 0.6 is 0 Å². The minimum Gasteiger partial charge on any atom is -0.506 e. The number of fused-ring (bicyclic) bond motifs is 1. The number of nitrogens with one attached hydrogen (secondary N) is 2. The Kier molecular flexibility index (Phi) is 5.15. The van der Waals surface area contributed by atoms with Crippen molar-refractivity contribution in [3.8, 4) is 5.75 Å². The number of benzene rings is 2. The smallest absolute Gasteiger partial charge is 0.285 e. The third kappa shape index (κ3) is 3.39. The Hall–Kier alpha value is -3.06. The lowest BCUT2D eigenvalue weighted by atomic mass is 9.95. The van der Waals surface area contributed by atoms with E-state index < -0.39 is 5.54 Å². The van der Waals surface area contributed by atoms with E-state index in [2.05, 4.69) is 10.2 Å². The van der Waals surface area contributed by atoms with Crippen LogP contribution in [0.2, 0.25) is 0 Å². The van der Waals surface area contributed by atoms with Crippen LogP contribution in [-0.4, -0.2) is 54.7 Å². The zero-order valence-corrected chi connectivity index (χ0v) is 17.7. The quantitative estimate of drug-likeness (QED) is 0.713. The first kappa shape index (κ1) is 20.2. The number of hydrogen-bond acceptors (Lipinski definition) is 4. The Morgan fingerprint density at radius 1 is 1.07 bits per heavy atom. The number of piperazine rings is 1. The number of aromatic hydroxyl groups is 1. The van der Waals surface area contributed by atoms with E-state index in [1.54, 1.807) is 24.8 Å². The van der Waals surface area contributed by atoms with Crippen molar-refractivity contribution in [1.29, 1.82) is 0 Å². The summed E-state index contributed by atoms with van der Waals surface area (Å²) in [4.78, 5) is 31.3. The molecular formula is C23H29N4O3+. The van der Waals surface area contributed by atoms with Crippen LogP contribution in [0.1, 0.15) is 20.8 Å². The molecule has 7 heteroatoms. The van der Waals surface area contributed by atoms with Gasteiger partial charge in [-0.2, -0.15) is 0 Å². The highest BCUT2D eigenvalue weighted by molar-refractivity contribution is 6.14. The van der Waals surface area contributed by atoms with E-state index in [9.17, 15) is 14.7 Å². The fourth-order valence-corrected chi connectivity index (χ4v) is 4.41. The summed E-state index contributed by atoms with van der Waals surface area (Å²) in [6, 6.07) is 14.5. The van der Waals surface area contributed by atoms with Crippen molar-refractivity contribution in [3.63, 3.8) is 0 Å². The molecule has 1 fully saturated rings. The number of amides is 2. The first-order chi connectivity index (χ1) is 14.3. The van der Waals surface area contributed by atoms with E-state index in [0.717, 1.165) is 37.6 Å². The lowest BCUT2D eigenvalue weighted by Crippen LogP contribution is -3.19. The van der Waals surface area contributed by atoms with Crippen LogP contribution < -0.4 is 20.0 Å². The molecule has 2 aromatic rings. The van der Waals surface area contributed by atoms with Gasteiger partial charge in [0.1, 0.15) is 11.3 Å². The van der Waals surface area contributed by atoms with Crippen molar-refractivity contribution in [3.05, 3.63) is 48.5 Å². The van der Waals surface area contributed by atoms with Gasteiger partial charge in [-0.1, -0.05) is 24.3 Å². The molecule has 2 amide bonds. The monoisotopic (exact) mass is 409 g/mol. The number of carbonyl (C=O) groups excluding carboxylic acids is 2. The van der Waals surface area contributed by atoms with Gasteiger partial charge in [0, 0.05) is 0 Å². The van der Waals surface area contributed by atoms with Crippen LogP contribution in [0.5, 0.6) is 5.75 Å². The molecule has 1 saturated heterocycles. The summed E-state index contributed by atoms with van der Waals surface area (Å²) < 4.78 is 0. The number of hydrogen-bond donors (Lipinski definition) is 3. The molecule has 0 aromatic heterocycles. The lowest BCUT2D eigenvalue weighted by Gasteiger charge is -2.44. The summed E-state index contributed by atoms with van der Waals surface area (Å²) >= 11 is 0. The second kappa shape index (κ2) is 7.65. The molecule has 2 aromatic carbocycles. The fraction of sp³-hybridized carbons (Fsp3) is 0.391. The molecule has 0 aliphatic carbocycles. The molecule has 4 rings (SSSR count). The number of anilines is 3. The predicted molar refractivity (Wildman–Crippen MR) is 117 cm³/mol. The van der Waals surface area contributed by atoms with Crippen molar-refractivity contribution in [2.24, 2.45) is 0 Å². The molecule has 7 nitrogen and oxygen atoms in total. The van der Waals surface area contributed by atoms with Gasteiger partial charge < -0.3 is 20.2 Å². The van der Waals surface area contributed by atoms with Gasteiger partial charge in [0.05, 0.1) is 43.2 Å². The van der Waals surface area contributed by atoms with E-state index >= 15 is 0 Å². The van der Waals surface area contributed by atoms with Crippen molar-refractivity contribution in [2.75, 3.05) is 41.3 Å². The summed E-state index contributed by atoms with van der Waals surface area (Å²) in [5.74, 6) is 0.0530. The fourth-order valence-electron chi connectivity index (χ4n) is 4.41. The molecule has 3 N–H and O–H groups in total. The van der Waals surface area contributed by atoms with Crippen LogP contribution in [0.4, 0.5) is 17.1 Å². The number of rotatable bonds is 3. The van der Waals surface area contributed by atoms with E-state index in [0.29, 0.717) is 5.69 Å². The maximum atomic E-state index is 13.6. The molecule has 0 bridgehead atoms. The van der Waals surface area contributed by atoms with Crippen LogP contribution in [0.15, 0.2) is 48.5 Å². The summed E-state index contributed by atoms with van der Waals surface area (Å²) in [5, 5.41) is 13.0. The van der Waals surface area contributed by atoms with E-state index in [-0.39, 0.29) is 23.6 Å². The maximum Gasteiger partial charge on any atom is 0.285 e. The van der Waals surface area contributed by atoms with Gasteiger partial charge in [0.25, 0.3) is 5.91 Å². The first-order valence-corrected chi connectivity index (χ1v) is 10.4. The Bertz CT molecular complexity index is 966. The second-order valence-corrected chi connectivity index (χ2v) is 8.56. The van der Waals surface area contributed by atoms with Crippen molar-refractivity contribution < 1.29 is 19.6 Å². The molecule has 0 unspecified atom stereocenters. The molecule has 2 aliphatic rings. The van der Waals surface area contributed by atoms with E-state index in [1.807, 2.05) is 49.4 Å². The summed E-state index contributed by atoms with van der Waals surface area (Å²) in [6.45, 7) is 8.59. The van der Waals surface area contributed by atoms with E-state index in [4.69, 9.17) is 0 Å². The predicted octanol–water partition coefficient (Wildman–Crippen LogP) is 1.25. The molecule has 0 radical (unpaired) electrons. The minimum atomic E-state index is -0.962. The minimum absolute atomic E-state index is 0.0479. The van der Waals surface area contributed by atoms with Gasteiger partial charge in [-0.05, 0) is 45.0 Å². The number of para-hydroxylation sites is 4. The molecule has 1 atom stereocenters. The van der Waals surface area contributed by atoms with Gasteiger partial charge >= 0.3 is 0 Å². The summed E-state index contributed by atoms with van der Waals surface area (Å²) in [7, 11) is 0. The highest BCUT2D eigenvalue weighted by Crippen LogP contribution is 2.37. The largest absolute Gasteiger partial charge is 0.506 e.